The SMILES string of the molecule is CC1(C)c2cc(-c3nc(-c4ccccc4)nc(-c4cccc5oc6ccccc6c45)n3)ccc2-c2ccc3c(c21)-c1ccccc1C(C)(C)C3(C)C. The second-order valence-electron chi connectivity index (χ2n) is 16.0. The molecule has 2 aromatic heterocycles. The second kappa shape index (κ2) is 10.6. The van der Waals surface area contributed by atoms with Gasteiger partial charge in [0.25, 0.3) is 0 Å². The molecule has 0 radical (unpaired) electrons. The van der Waals surface area contributed by atoms with Gasteiger partial charge in [-0.1, -0.05) is 151 Å². The average Bonchev–Trinajstić information content (AvgIpc) is 3.66. The highest BCUT2D eigenvalue weighted by atomic mass is 16.3. The minimum atomic E-state index is -0.254. The third kappa shape index (κ3) is 4.12. The maximum absolute atomic E-state index is 6.26. The van der Waals surface area contributed by atoms with Crippen LogP contribution in [0, 0.1) is 0 Å². The summed E-state index contributed by atoms with van der Waals surface area (Å²) >= 11 is 0. The van der Waals surface area contributed by atoms with E-state index in [1.807, 2.05) is 48.5 Å². The van der Waals surface area contributed by atoms with Gasteiger partial charge in [0.1, 0.15) is 11.2 Å². The molecule has 0 spiro atoms. The number of hydrogen-bond acceptors (Lipinski definition) is 4. The van der Waals surface area contributed by atoms with E-state index >= 15 is 0 Å². The van der Waals surface area contributed by atoms with Gasteiger partial charge in [-0.3, -0.25) is 0 Å². The first-order valence-electron chi connectivity index (χ1n) is 18.2. The summed E-state index contributed by atoms with van der Waals surface area (Å²) in [5, 5.41) is 2.06. The molecular weight excluding hydrogens is 635 g/mol. The highest BCUT2D eigenvalue weighted by Crippen LogP contribution is 2.60. The van der Waals surface area contributed by atoms with Gasteiger partial charge < -0.3 is 4.42 Å². The van der Waals surface area contributed by atoms with Crippen LogP contribution < -0.4 is 0 Å². The summed E-state index contributed by atoms with van der Waals surface area (Å²) in [6.45, 7) is 14.4. The van der Waals surface area contributed by atoms with E-state index in [4.69, 9.17) is 19.4 Å². The van der Waals surface area contributed by atoms with Crippen molar-refractivity contribution in [2.75, 3.05) is 0 Å². The molecule has 0 saturated carbocycles. The van der Waals surface area contributed by atoms with E-state index in [0.717, 1.165) is 38.6 Å². The first kappa shape index (κ1) is 30.9. The summed E-state index contributed by atoms with van der Waals surface area (Å²) < 4.78 is 6.26. The Morgan fingerprint density at radius 2 is 1.08 bits per heavy atom. The van der Waals surface area contributed by atoms with E-state index in [1.54, 1.807) is 0 Å². The molecular formula is C48H39N3O. The van der Waals surface area contributed by atoms with Crippen molar-refractivity contribution in [3.05, 3.63) is 150 Å². The van der Waals surface area contributed by atoms with Crippen molar-refractivity contribution in [3.63, 3.8) is 0 Å². The lowest BCUT2D eigenvalue weighted by Crippen LogP contribution is -2.44. The third-order valence-corrected chi connectivity index (χ3v) is 12.5. The number of para-hydroxylation sites is 1. The van der Waals surface area contributed by atoms with E-state index < -0.39 is 0 Å². The number of benzene rings is 6. The van der Waals surface area contributed by atoms with Crippen molar-refractivity contribution < 1.29 is 4.42 Å². The summed E-state index contributed by atoms with van der Waals surface area (Å²) in [6.07, 6.45) is 0. The largest absolute Gasteiger partial charge is 0.456 e. The molecule has 252 valence electrons. The zero-order chi connectivity index (χ0) is 35.6. The Morgan fingerprint density at radius 1 is 0.442 bits per heavy atom. The van der Waals surface area contributed by atoms with Gasteiger partial charge in [-0.05, 0) is 73.5 Å². The summed E-state index contributed by atoms with van der Waals surface area (Å²) in [6, 6.07) is 45.1. The molecule has 0 bridgehead atoms. The van der Waals surface area contributed by atoms with Gasteiger partial charge in [-0.15, -0.1) is 0 Å². The molecule has 52 heavy (non-hydrogen) atoms. The summed E-state index contributed by atoms with van der Waals surface area (Å²) in [5.41, 5.74) is 15.1. The summed E-state index contributed by atoms with van der Waals surface area (Å²) in [4.78, 5) is 15.5. The van der Waals surface area contributed by atoms with E-state index in [9.17, 15) is 0 Å². The van der Waals surface area contributed by atoms with Crippen LogP contribution in [0.4, 0.5) is 0 Å². The van der Waals surface area contributed by atoms with Crippen LogP contribution in [0.3, 0.4) is 0 Å². The molecule has 6 aromatic carbocycles. The zero-order valence-electron chi connectivity index (χ0n) is 30.4. The lowest BCUT2D eigenvalue weighted by molar-refractivity contribution is 0.298. The maximum Gasteiger partial charge on any atom is 0.164 e. The van der Waals surface area contributed by atoms with E-state index in [2.05, 4.69) is 120 Å². The normalized spacial score (nSPS) is 16.0. The fourth-order valence-corrected chi connectivity index (χ4v) is 9.07. The van der Waals surface area contributed by atoms with E-state index in [-0.39, 0.29) is 16.2 Å². The van der Waals surface area contributed by atoms with Crippen LogP contribution in [0.5, 0.6) is 0 Å². The number of rotatable bonds is 3. The minimum absolute atomic E-state index is 0.0203. The highest BCUT2D eigenvalue weighted by Gasteiger charge is 2.49. The lowest BCUT2D eigenvalue weighted by atomic mass is 9.54. The monoisotopic (exact) mass is 673 g/mol. The first-order chi connectivity index (χ1) is 25.1. The molecule has 0 unspecified atom stereocenters. The predicted molar refractivity (Wildman–Crippen MR) is 212 cm³/mol. The minimum Gasteiger partial charge on any atom is -0.456 e. The Kier molecular flexibility index (Phi) is 6.29. The van der Waals surface area contributed by atoms with Gasteiger partial charge >= 0.3 is 0 Å². The van der Waals surface area contributed by atoms with Crippen molar-refractivity contribution in [2.45, 2.75) is 57.8 Å². The van der Waals surface area contributed by atoms with Crippen molar-refractivity contribution in [1.82, 2.24) is 15.0 Å². The van der Waals surface area contributed by atoms with Gasteiger partial charge in [-0.2, -0.15) is 0 Å². The van der Waals surface area contributed by atoms with Gasteiger partial charge in [0, 0.05) is 32.9 Å². The summed E-state index contributed by atoms with van der Waals surface area (Å²) in [7, 11) is 0. The Balaban J connectivity index is 1.18. The van der Waals surface area contributed by atoms with E-state index in [0.29, 0.717) is 17.5 Å². The molecule has 2 aliphatic carbocycles. The predicted octanol–water partition coefficient (Wildman–Crippen LogP) is 12.3. The Bertz CT molecular complexity index is 2770. The van der Waals surface area contributed by atoms with Crippen LogP contribution in [0.2, 0.25) is 0 Å². The quantitative estimate of drug-likeness (QED) is 0.187. The van der Waals surface area contributed by atoms with Crippen LogP contribution >= 0.6 is 0 Å². The lowest BCUT2D eigenvalue weighted by Gasteiger charge is -2.49. The zero-order valence-corrected chi connectivity index (χ0v) is 30.4. The van der Waals surface area contributed by atoms with Crippen LogP contribution in [-0.2, 0) is 16.2 Å². The van der Waals surface area contributed by atoms with Gasteiger partial charge in [0.15, 0.2) is 17.5 Å². The van der Waals surface area contributed by atoms with Crippen LogP contribution in [-0.4, -0.2) is 15.0 Å². The molecule has 8 aromatic rings. The Labute approximate surface area is 304 Å². The van der Waals surface area contributed by atoms with Gasteiger partial charge in [0.2, 0.25) is 0 Å². The van der Waals surface area contributed by atoms with Crippen LogP contribution in [0.15, 0.2) is 132 Å². The molecule has 0 N–H and O–H groups in total. The Hall–Kier alpha value is -5.87. The van der Waals surface area contributed by atoms with Crippen molar-refractivity contribution in [3.8, 4) is 56.4 Å². The number of nitrogens with zero attached hydrogens (tertiary/aromatic N) is 3. The number of hydrogen-bond donors (Lipinski definition) is 0. The second-order valence-corrected chi connectivity index (χ2v) is 16.0. The first-order valence-corrected chi connectivity index (χ1v) is 18.2. The average molecular weight is 674 g/mol. The smallest absolute Gasteiger partial charge is 0.164 e. The molecule has 0 saturated heterocycles. The molecule has 2 heterocycles. The van der Waals surface area contributed by atoms with Crippen molar-refractivity contribution >= 4 is 21.9 Å². The van der Waals surface area contributed by atoms with Gasteiger partial charge in [0.05, 0.1) is 0 Å². The molecule has 0 fully saturated rings. The summed E-state index contributed by atoms with van der Waals surface area (Å²) in [5.74, 6) is 1.92. The van der Waals surface area contributed by atoms with Crippen LogP contribution in [0.1, 0.15) is 63.8 Å². The molecule has 10 rings (SSSR count). The Morgan fingerprint density at radius 3 is 1.90 bits per heavy atom. The number of furan rings is 1. The molecule has 4 heteroatoms. The van der Waals surface area contributed by atoms with Crippen molar-refractivity contribution in [1.29, 1.82) is 0 Å². The number of aromatic nitrogens is 3. The van der Waals surface area contributed by atoms with Gasteiger partial charge in [-0.25, -0.2) is 15.0 Å². The fraction of sp³-hybridized carbons (Fsp3) is 0.188. The molecule has 4 nitrogen and oxygen atoms in total. The molecule has 0 aliphatic heterocycles. The molecule has 0 atom stereocenters. The van der Waals surface area contributed by atoms with Crippen LogP contribution in [0.25, 0.3) is 78.4 Å². The standard InChI is InChI=1S/C48H39N3O/c1-46(2)37-27-29(23-24-30(37)31-25-26-36-41(42(31)46)32-17-10-12-20-35(32)47(3,4)48(36,5)6)44-49-43(28-15-8-7-9-16-28)50-45(51-44)34-19-14-22-39-40(34)33-18-11-13-21-38(33)52-39/h7-27H,1-6H3. The molecule has 2 aliphatic rings. The number of fused-ring (bicyclic) bond motifs is 10. The third-order valence-electron chi connectivity index (χ3n) is 12.5. The highest BCUT2D eigenvalue weighted by molar-refractivity contribution is 6.11. The van der Waals surface area contributed by atoms with Crippen molar-refractivity contribution in [2.24, 2.45) is 0 Å². The molecule has 0 amide bonds. The maximum atomic E-state index is 6.26. The topological polar surface area (TPSA) is 51.8 Å². The fourth-order valence-electron chi connectivity index (χ4n) is 9.07. The van der Waals surface area contributed by atoms with E-state index in [1.165, 1.54) is 44.5 Å².